The van der Waals surface area contributed by atoms with E-state index < -0.39 is 0 Å². The van der Waals surface area contributed by atoms with Crippen molar-refractivity contribution >= 4 is 22.5 Å². The molecular weight excluding hydrogens is 300 g/mol. The Balaban J connectivity index is 1.98. The van der Waals surface area contributed by atoms with Crippen molar-refractivity contribution in [2.45, 2.75) is 0 Å². The van der Waals surface area contributed by atoms with Crippen LogP contribution in [-0.4, -0.2) is 24.5 Å². The maximum Gasteiger partial charge on any atom is 0.277 e. The SMILES string of the molecule is C=CCN(C(=O)c1ccc2cc(OC)ccc2n1)c1ccccc1. The largest absolute Gasteiger partial charge is 0.497 e. The standard InChI is InChI=1S/C20H18N2O2/c1-3-13-22(16-7-5-4-6-8-16)20(23)19-11-9-15-14-17(24-2)10-12-18(15)21-19/h3-12,14H,1,13H2,2H3. The first-order chi connectivity index (χ1) is 11.7. The molecule has 0 saturated carbocycles. The minimum absolute atomic E-state index is 0.154. The number of amides is 1. The Morgan fingerprint density at radius 3 is 2.67 bits per heavy atom. The van der Waals surface area contributed by atoms with E-state index in [1.807, 2.05) is 54.6 Å². The van der Waals surface area contributed by atoms with Gasteiger partial charge in [-0.25, -0.2) is 4.98 Å². The van der Waals surface area contributed by atoms with E-state index in [0.29, 0.717) is 12.2 Å². The molecule has 0 unspecified atom stereocenters. The number of pyridine rings is 1. The number of para-hydroxylation sites is 1. The second-order valence-corrected chi connectivity index (χ2v) is 5.30. The van der Waals surface area contributed by atoms with Crippen molar-refractivity contribution in [3.8, 4) is 5.75 Å². The maximum absolute atomic E-state index is 12.9. The van der Waals surface area contributed by atoms with Gasteiger partial charge in [0.25, 0.3) is 5.91 Å². The van der Waals surface area contributed by atoms with Gasteiger partial charge < -0.3 is 9.64 Å². The van der Waals surface area contributed by atoms with Crippen molar-refractivity contribution in [3.63, 3.8) is 0 Å². The van der Waals surface area contributed by atoms with E-state index in [0.717, 1.165) is 22.3 Å². The third-order valence-corrected chi connectivity index (χ3v) is 3.74. The molecule has 1 amide bonds. The van der Waals surface area contributed by atoms with Crippen LogP contribution in [0.15, 0.2) is 73.3 Å². The number of anilines is 1. The Labute approximate surface area is 141 Å². The van der Waals surface area contributed by atoms with Gasteiger partial charge in [0.05, 0.1) is 12.6 Å². The molecule has 1 heterocycles. The smallest absolute Gasteiger partial charge is 0.277 e. The molecule has 0 bridgehead atoms. The van der Waals surface area contributed by atoms with Crippen molar-refractivity contribution in [1.82, 2.24) is 4.98 Å². The van der Waals surface area contributed by atoms with Gasteiger partial charge in [0.1, 0.15) is 11.4 Å². The zero-order valence-electron chi connectivity index (χ0n) is 13.5. The second kappa shape index (κ2) is 6.96. The summed E-state index contributed by atoms with van der Waals surface area (Å²) in [6.07, 6.45) is 1.71. The zero-order chi connectivity index (χ0) is 16.9. The fourth-order valence-corrected chi connectivity index (χ4v) is 2.53. The minimum atomic E-state index is -0.154. The van der Waals surface area contributed by atoms with Gasteiger partial charge in [-0.3, -0.25) is 4.79 Å². The predicted molar refractivity (Wildman–Crippen MR) is 96.6 cm³/mol. The molecule has 4 heteroatoms. The number of carbonyl (C=O) groups is 1. The molecule has 4 nitrogen and oxygen atoms in total. The second-order valence-electron chi connectivity index (χ2n) is 5.30. The highest BCUT2D eigenvalue weighted by Crippen LogP contribution is 2.21. The van der Waals surface area contributed by atoms with E-state index in [1.165, 1.54) is 0 Å². The van der Waals surface area contributed by atoms with Crippen molar-refractivity contribution in [3.05, 3.63) is 79.0 Å². The Kier molecular flexibility index (Phi) is 4.57. The van der Waals surface area contributed by atoms with Crippen LogP contribution < -0.4 is 9.64 Å². The van der Waals surface area contributed by atoms with Crippen LogP contribution in [0.2, 0.25) is 0 Å². The summed E-state index contributed by atoms with van der Waals surface area (Å²) < 4.78 is 5.21. The van der Waals surface area contributed by atoms with Crippen molar-refractivity contribution < 1.29 is 9.53 Å². The van der Waals surface area contributed by atoms with Crippen LogP contribution >= 0.6 is 0 Å². The van der Waals surface area contributed by atoms with Gasteiger partial charge in [-0.2, -0.15) is 0 Å². The van der Waals surface area contributed by atoms with Crippen LogP contribution in [0.3, 0.4) is 0 Å². The molecule has 1 aromatic heterocycles. The topological polar surface area (TPSA) is 42.4 Å². The van der Waals surface area contributed by atoms with E-state index in [9.17, 15) is 4.79 Å². The molecule has 0 spiro atoms. The van der Waals surface area contributed by atoms with Crippen molar-refractivity contribution in [2.75, 3.05) is 18.6 Å². The molecule has 0 N–H and O–H groups in total. The van der Waals surface area contributed by atoms with Gasteiger partial charge >= 0.3 is 0 Å². The number of ether oxygens (including phenoxy) is 1. The average Bonchev–Trinajstić information content (AvgIpc) is 2.65. The molecule has 0 saturated heterocycles. The zero-order valence-corrected chi connectivity index (χ0v) is 13.5. The first-order valence-electron chi connectivity index (χ1n) is 7.65. The van der Waals surface area contributed by atoms with E-state index in [2.05, 4.69) is 11.6 Å². The summed E-state index contributed by atoms with van der Waals surface area (Å²) in [5.41, 5.74) is 1.98. The minimum Gasteiger partial charge on any atom is -0.497 e. The van der Waals surface area contributed by atoms with Crippen LogP contribution in [0.5, 0.6) is 5.75 Å². The molecule has 3 aromatic rings. The molecule has 0 aliphatic rings. The Morgan fingerprint density at radius 1 is 1.17 bits per heavy atom. The Bertz CT molecular complexity index is 875. The van der Waals surface area contributed by atoms with E-state index >= 15 is 0 Å². The number of fused-ring (bicyclic) bond motifs is 1. The third-order valence-electron chi connectivity index (χ3n) is 3.74. The number of benzene rings is 2. The number of nitrogens with zero attached hydrogens (tertiary/aromatic N) is 2. The lowest BCUT2D eigenvalue weighted by molar-refractivity contribution is 0.0985. The molecule has 0 aliphatic heterocycles. The third kappa shape index (κ3) is 3.13. The highest BCUT2D eigenvalue weighted by molar-refractivity contribution is 6.06. The predicted octanol–water partition coefficient (Wildman–Crippen LogP) is 4.08. The molecule has 3 rings (SSSR count). The highest BCUT2D eigenvalue weighted by atomic mass is 16.5. The van der Waals surface area contributed by atoms with Gasteiger partial charge in [-0.1, -0.05) is 30.3 Å². The number of hydrogen-bond acceptors (Lipinski definition) is 3. The molecule has 0 fully saturated rings. The fraction of sp³-hybridized carbons (Fsp3) is 0.100. The van der Waals surface area contributed by atoms with Gasteiger partial charge in [0.2, 0.25) is 0 Å². The van der Waals surface area contributed by atoms with Crippen LogP contribution in [0.25, 0.3) is 10.9 Å². The summed E-state index contributed by atoms with van der Waals surface area (Å²) in [7, 11) is 1.62. The normalized spacial score (nSPS) is 10.4. The monoisotopic (exact) mass is 318 g/mol. The summed E-state index contributed by atoms with van der Waals surface area (Å²) in [4.78, 5) is 19.0. The number of rotatable bonds is 5. The summed E-state index contributed by atoms with van der Waals surface area (Å²) in [6, 6.07) is 18.7. The molecule has 2 aromatic carbocycles. The van der Waals surface area contributed by atoms with E-state index in [1.54, 1.807) is 24.2 Å². The maximum atomic E-state index is 12.9. The number of carbonyl (C=O) groups excluding carboxylic acids is 1. The Morgan fingerprint density at radius 2 is 1.96 bits per heavy atom. The number of aromatic nitrogens is 1. The van der Waals surface area contributed by atoms with Crippen LogP contribution in [-0.2, 0) is 0 Å². The van der Waals surface area contributed by atoms with Crippen LogP contribution in [0.4, 0.5) is 5.69 Å². The summed E-state index contributed by atoms with van der Waals surface area (Å²) in [5.74, 6) is 0.611. The lowest BCUT2D eigenvalue weighted by atomic mass is 10.1. The van der Waals surface area contributed by atoms with Crippen molar-refractivity contribution in [1.29, 1.82) is 0 Å². The summed E-state index contributed by atoms with van der Waals surface area (Å²) in [5, 5.41) is 0.931. The lowest BCUT2D eigenvalue weighted by Gasteiger charge is -2.21. The first-order valence-corrected chi connectivity index (χ1v) is 7.65. The molecule has 120 valence electrons. The quantitative estimate of drug-likeness (QED) is 0.666. The number of methoxy groups -OCH3 is 1. The molecule has 0 radical (unpaired) electrons. The average molecular weight is 318 g/mol. The summed E-state index contributed by atoms with van der Waals surface area (Å²) in [6.45, 7) is 4.16. The first kappa shape index (κ1) is 15.7. The molecule has 24 heavy (non-hydrogen) atoms. The van der Waals surface area contributed by atoms with Crippen molar-refractivity contribution in [2.24, 2.45) is 0 Å². The summed E-state index contributed by atoms with van der Waals surface area (Å²) >= 11 is 0. The lowest BCUT2D eigenvalue weighted by Crippen LogP contribution is -2.31. The van der Waals surface area contributed by atoms with Gasteiger partial charge in [-0.15, -0.1) is 6.58 Å². The van der Waals surface area contributed by atoms with Gasteiger partial charge in [0, 0.05) is 17.6 Å². The van der Waals surface area contributed by atoms with E-state index in [4.69, 9.17) is 4.74 Å². The molecule has 0 aliphatic carbocycles. The fourth-order valence-electron chi connectivity index (χ4n) is 2.53. The molecular formula is C20H18N2O2. The van der Waals surface area contributed by atoms with E-state index in [-0.39, 0.29) is 5.91 Å². The Hall–Kier alpha value is -3.14. The van der Waals surface area contributed by atoms with Crippen LogP contribution in [0, 0.1) is 0 Å². The highest BCUT2D eigenvalue weighted by Gasteiger charge is 2.18. The number of hydrogen-bond donors (Lipinski definition) is 0. The van der Waals surface area contributed by atoms with Gasteiger partial charge in [-0.05, 0) is 36.4 Å². The van der Waals surface area contributed by atoms with Gasteiger partial charge in [0.15, 0.2) is 0 Å². The molecule has 0 atom stereocenters. The van der Waals surface area contributed by atoms with Crippen LogP contribution in [0.1, 0.15) is 10.5 Å².